The van der Waals surface area contributed by atoms with Crippen molar-refractivity contribution in [3.05, 3.63) is 34.9 Å². The molecule has 2 fully saturated rings. The summed E-state index contributed by atoms with van der Waals surface area (Å²) in [5, 5.41) is 8.33. The normalized spacial score (nSPS) is 27.6. The van der Waals surface area contributed by atoms with Crippen LogP contribution in [-0.2, 0) is 80.9 Å². The zero-order chi connectivity index (χ0) is 39.9. The topological polar surface area (TPSA) is 242 Å². The Bertz CT molecular complexity index is 1730. The highest BCUT2D eigenvalue weighted by atomic mass is 79.9. The van der Waals surface area contributed by atoms with Gasteiger partial charge in [0.15, 0.2) is 30.6 Å². The summed E-state index contributed by atoms with van der Waals surface area (Å²) in [6, 6.07) is 7.03. The second-order valence-electron chi connectivity index (χ2n) is 12.0. The Morgan fingerprint density at radius 1 is 0.704 bits per heavy atom. The van der Waals surface area contributed by atoms with Crippen LogP contribution >= 0.6 is 15.9 Å². The van der Waals surface area contributed by atoms with E-state index in [-0.39, 0.29) is 0 Å². The van der Waals surface area contributed by atoms with Gasteiger partial charge in [-0.25, -0.2) is 4.68 Å². The van der Waals surface area contributed by atoms with Crippen LogP contribution in [0.15, 0.2) is 34.9 Å². The minimum atomic E-state index is -2.50. The molecule has 2 aliphatic rings. The van der Waals surface area contributed by atoms with Crippen molar-refractivity contribution < 1.29 is 80.9 Å². The molecule has 0 N–H and O–H groups in total. The van der Waals surface area contributed by atoms with Crippen LogP contribution in [0.25, 0.3) is 11.3 Å². The molecule has 0 radical (unpaired) electrons. The SMILES string of the molecule is CC(=O)OC[C@H]1O[C@H](O[C@]2(COC(C)=O)O[C@H](n3cc(-c4ccc(Br)cc4)nn3)[C@@H](OC(C)=O)[C@@H]2OC(C)=O)[C@H](OC(C)=O)[C@@H](OC(C)=O)[C@@H]1OC(C)=O. The number of halogens is 1. The van der Waals surface area contributed by atoms with Gasteiger partial charge < -0.3 is 47.4 Å². The highest BCUT2D eigenvalue weighted by Crippen LogP contribution is 2.45. The summed E-state index contributed by atoms with van der Waals surface area (Å²) in [6.45, 7) is 5.83. The standard InChI is InChI=1S/C33H38BrN3O17/c1-15(38)45-13-25-26(47-17(3)40)27(48-18(4)41)28(49-19(5)42)32(52-25)54-33(14-46-16(2)39)30(51-21(7)44)29(50-20(6)43)31(53-33)37-12-24(35-36-37)22-8-10-23(34)11-9-22/h8-12,25-32H,13-14H2,1-7H3/t25-,26-,27+,28-,29+,30+,31+,32-,33+/m1/s1. The van der Waals surface area contributed by atoms with Crippen LogP contribution in [-0.4, -0.2) is 119 Å². The van der Waals surface area contributed by atoms with Crippen molar-refractivity contribution in [1.29, 1.82) is 0 Å². The smallest absolute Gasteiger partial charge is 0.303 e. The molecule has 2 aliphatic heterocycles. The number of benzene rings is 1. The Hall–Kier alpha value is -4.99. The Balaban J connectivity index is 1.89. The largest absolute Gasteiger partial charge is 0.463 e. The van der Waals surface area contributed by atoms with Gasteiger partial charge in [0, 0.05) is 58.5 Å². The van der Waals surface area contributed by atoms with Gasteiger partial charge in [-0.15, -0.1) is 5.10 Å². The van der Waals surface area contributed by atoms with Gasteiger partial charge in [-0.2, -0.15) is 0 Å². The second-order valence-corrected chi connectivity index (χ2v) is 12.9. The van der Waals surface area contributed by atoms with E-state index in [1.807, 2.05) is 0 Å². The van der Waals surface area contributed by atoms with E-state index in [1.165, 1.54) is 6.20 Å². The van der Waals surface area contributed by atoms with E-state index in [1.54, 1.807) is 24.3 Å². The number of esters is 7. The second kappa shape index (κ2) is 17.9. The predicted molar refractivity (Wildman–Crippen MR) is 177 cm³/mol. The van der Waals surface area contributed by atoms with Gasteiger partial charge in [-0.1, -0.05) is 33.3 Å². The zero-order valence-electron chi connectivity index (χ0n) is 30.1. The first-order chi connectivity index (χ1) is 25.4. The van der Waals surface area contributed by atoms with Crippen LogP contribution < -0.4 is 0 Å². The number of nitrogens with zero attached hydrogens (tertiary/aromatic N) is 3. The molecule has 0 aliphatic carbocycles. The maximum atomic E-state index is 12.7. The molecule has 3 heterocycles. The van der Waals surface area contributed by atoms with Crippen molar-refractivity contribution in [1.82, 2.24) is 15.0 Å². The molecule has 54 heavy (non-hydrogen) atoms. The Morgan fingerprint density at radius 3 is 1.80 bits per heavy atom. The summed E-state index contributed by atoms with van der Waals surface area (Å²) in [5.41, 5.74) is 0.970. The van der Waals surface area contributed by atoms with Gasteiger partial charge in [-0.3, -0.25) is 33.6 Å². The molecule has 0 amide bonds. The molecular formula is C33H38BrN3O17. The molecule has 294 valence electrons. The zero-order valence-corrected chi connectivity index (χ0v) is 31.7. The van der Waals surface area contributed by atoms with E-state index in [9.17, 15) is 33.6 Å². The number of rotatable bonds is 13. The fourth-order valence-electron chi connectivity index (χ4n) is 5.67. The average Bonchev–Trinajstić information content (AvgIpc) is 3.65. The quantitative estimate of drug-likeness (QED) is 0.205. The van der Waals surface area contributed by atoms with Gasteiger partial charge in [0.25, 0.3) is 0 Å². The van der Waals surface area contributed by atoms with Crippen LogP contribution in [0, 0.1) is 0 Å². The fourth-order valence-corrected chi connectivity index (χ4v) is 5.94. The van der Waals surface area contributed by atoms with Crippen LogP contribution in [0.4, 0.5) is 0 Å². The van der Waals surface area contributed by atoms with Crippen molar-refractivity contribution in [2.24, 2.45) is 0 Å². The van der Waals surface area contributed by atoms with E-state index >= 15 is 0 Å². The summed E-state index contributed by atoms with van der Waals surface area (Å²) in [7, 11) is 0. The van der Waals surface area contributed by atoms with Crippen molar-refractivity contribution in [3.8, 4) is 11.3 Å². The molecule has 21 heteroatoms. The highest BCUT2D eigenvalue weighted by Gasteiger charge is 2.65. The molecule has 2 saturated heterocycles. The summed E-state index contributed by atoms with van der Waals surface area (Å²) in [6.07, 6.45) is -11.9. The minimum absolute atomic E-state index is 0.342. The Morgan fingerprint density at radius 2 is 1.24 bits per heavy atom. The van der Waals surface area contributed by atoms with Gasteiger partial charge in [0.05, 0.1) is 6.20 Å². The number of ether oxygens (including phenoxy) is 10. The third-order valence-electron chi connectivity index (χ3n) is 7.58. The van der Waals surface area contributed by atoms with E-state index in [4.69, 9.17) is 47.4 Å². The van der Waals surface area contributed by atoms with E-state index in [0.29, 0.717) is 11.3 Å². The lowest BCUT2D eigenvalue weighted by molar-refractivity contribution is -0.386. The Kier molecular flexibility index (Phi) is 13.8. The van der Waals surface area contributed by atoms with Crippen LogP contribution in [0.5, 0.6) is 0 Å². The summed E-state index contributed by atoms with van der Waals surface area (Å²) < 4.78 is 58.9. The third kappa shape index (κ3) is 10.6. The van der Waals surface area contributed by atoms with Crippen molar-refractivity contribution in [2.45, 2.75) is 103 Å². The number of carbonyl (C=O) groups excluding carboxylic acids is 7. The molecule has 4 rings (SSSR count). The monoisotopic (exact) mass is 827 g/mol. The summed E-state index contributed by atoms with van der Waals surface area (Å²) >= 11 is 3.37. The molecular weight excluding hydrogens is 790 g/mol. The van der Waals surface area contributed by atoms with Gasteiger partial charge in [0.1, 0.15) is 25.0 Å². The first-order valence-corrected chi connectivity index (χ1v) is 17.0. The number of hydrogen-bond donors (Lipinski definition) is 0. The molecule has 20 nitrogen and oxygen atoms in total. The first kappa shape index (κ1) is 41.8. The van der Waals surface area contributed by atoms with E-state index in [0.717, 1.165) is 57.6 Å². The fraction of sp³-hybridized carbons (Fsp3) is 0.545. The number of hydrogen-bond acceptors (Lipinski definition) is 19. The van der Waals surface area contributed by atoms with Crippen molar-refractivity contribution in [3.63, 3.8) is 0 Å². The maximum Gasteiger partial charge on any atom is 0.303 e. The number of carbonyl (C=O) groups is 7. The third-order valence-corrected chi connectivity index (χ3v) is 8.11. The van der Waals surface area contributed by atoms with Crippen LogP contribution in [0.2, 0.25) is 0 Å². The Labute approximate surface area is 316 Å². The van der Waals surface area contributed by atoms with Crippen LogP contribution in [0.1, 0.15) is 54.7 Å². The maximum absolute atomic E-state index is 12.7. The summed E-state index contributed by atoms with van der Waals surface area (Å²) in [5.74, 6) is -8.70. The molecule has 0 spiro atoms. The van der Waals surface area contributed by atoms with Gasteiger partial charge in [-0.05, 0) is 12.1 Å². The molecule has 1 aromatic heterocycles. The first-order valence-electron chi connectivity index (χ1n) is 16.2. The highest BCUT2D eigenvalue weighted by molar-refractivity contribution is 9.10. The lowest BCUT2D eigenvalue weighted by Crippen LogP contribution is -2.65. The van der Waals surface area contributed by atoms with E-state index in [2.05, 4.69) is 26.2 Å². The van der Waals surface area contributed by atoms with Crippen LogP contribution in [0.3, 0.4) is 0 Å². The molecule has 0 bridgehead atoms. The average molecular weight is 829 g/mol. The van der Waals surface area contributed by atoms with Gasteiger partial charge in [0.2, 0.25) is 18.2 Å². The van der Waals surface area contributed by atoms with E-state index < -0.39 is 110 Å². The van der Waals surface area contributed by atoms with Crippen molar-refractivity contribution in [2.75, 3.05) is 13.2 Å². The molecule has 1 aromatic carbocycles. The molecule has 0 saturated carbocycles. The minimum Gasteiger partial charge on any atom is -0.463 e. The molecule has 0 unspecified atom stereocenters. The molecule has 2 aromatic rings. The summed E-state index contributed by atoms with van der Waals surface area (Å²) in [4.78, 5) is 86.5. The molecule has 9 atom stereocenters. The predicted octanol–water partition coefficient (Wildman–Crippen LogP) is 1.46. The van der Waals surface area contributed by atoms with Gasteiger partial charge >= 0.3 is 41.8 Å². The van der Waals surface area contributed by atoms with Crippen molar-refractivity contribution >= 4 is 57.7 Å². The lowest BCUT2D eigenvalue weighted by Gasteiger charge is -2.46. The lowest BCUT2D eigenvalue weighted by atomic mass is 9.97. The number of aromatic nitrogens is 3.